The molecule has 2 aromatic carbocycles. The van der Waals surface area contributed by atoms with Crippen LogP contribution in [0, 0.1) is 6.92 Å². The van der Waals surface area contributed by atoms with Crippen LogP contribution in [-0.2, 0) is 0 Å². The van der Waals surface area contributed by atoms with Crippen LogP contribution in [0.15, 0.2) is 52.9 Å². The van der Waals surface area contributed by atoms with Crippen molar-refractivity contribution in [1.82, 2.24) is 15.1 Å². The number of aryl methyl sites for hydroxylation is 1. The van der Waals surface area contributed by atoms with Crippen LogP contribution in [-0.4, -0.2) is 28.2 Å². The smallest absolute Gasteiger partial charge is 0.247 e. The van der Waals surface area contributed by atoms with Gasteiger partial charge in [0.05, 0.1) is 0 Å². The highest BCUT2D eigenvalue weighted by Crippen LogP contribution is 2.28. The maximum Gasteiger partial charge on any atom is 0.247 e. The molecule has 0 N–H and O–H groups in total. The SMILES string of the molecule is Cc1nnc(-c2ccc(-c3ccc([C@H](C)N4CCCC4)cc3)cc2)o1. The minimum absolute atomic E-state index is 0.500. The minimum atomic E-state index is 0.500. The fraction of sp³-hybridized carbons (Fsp3) is 0.333. The molecule has 1 aliphatic rings. The fourth-order valence-electron chi connectivity index (χ4n) is 3.51. The monoisotopic (exact) mass is 333 g/mol. The van der Waals surface area contributed by atoms with E-state index in [1.54, 1.807) is 6.92 Å². The molecule has 0 amide bonds. The Bertz CT molecular complexity index is 830. The summed E-state index contributed by atoms with van der Waals surface area (Å²) in [7, 11) is 0. The number of hydrogen-bond donors (Lipinski definition) is 0. The van der Waals surface area contributed by atoms with Crippen LogP contribution in [0.4, 0.5) is 0 Å². The Morgan fingerprint density at radius 2 is 1.40 bits per heavy atom. The molecular weight excluding hydrogens is 310 g/mol. The predicted molar refractivity (Wildman–Crippen MR) is 99.1 cm³/mol. The van der Waals surface area contributed by atoms with Crippen molar-refractivity contribution in [2.75, 3.05) is 13.1 Å². The summed E-state index contributed by atoms with van der Waals surface area (Å²) >= 11 is 0. The van der Waals surface area contributed by atoms with Gasteiger partial charge in [0.25, 0.3) is 0 Å². The lowest BCUT2D eigenvalue weighted by Gasteiger charge is -2.24. The van der Waals surface area contributed by atoms with Gasteiger partial charge in [0.2, 0.25) is 11.8 Å². The predicted octanol–water partition coefficient (Wildman–Crippen LogP) is 4.87. The van der Waals surface area contributed by atoms with Gasteiger partial charge in [0.15, 0.2) is 0 Å². The van der Waals surface area contributed by atoms with Crippen molar-refractivity contribution >= 4 is 0 Å². The summed E-state index contributed by atoms with van der Waals surface area (Å²) in [6, 6.07) is 17.7. The third-order valence-electron chi connectivity index (χ3n) is 5.07. The van der Waals surface area contributed by atoms with E-state index in [0.29, 0.717) is 17.8 Å². The van der Waals surface area contributed by atoms with Crippen molar-refractivity contribution in [2.45, 2.75) is 32.7 Å². The Balaban J connectivity index is 1.51. The maximum atomic E-state index is 5.48. The van der Waals surface area contributed by atoms with Crippen LogP contribution in [0.5, 0.6) is 0 Å². The molecule has 1 aromatic heterocycles. The third-order valence-corrected chi connectivity index (χ3v) is 5.07. The second-order valence-corrected chi connectivity index (χ2v) is 6.74. The van der Waals surface area contributed by atoms with E-state index in [1.807, 2.05) is 12.1 Å². The zero-order valence-electron chi connectivity index (χ0n) is 14.8. The molecule has 0 spiro atoms. The summed E-state index contributed by atoms with van der Waals surface area (Å²) < 4.78 is 5.48. The standard InChI is InChI=1S/C21H23N3O/c1-15(24-13-3-4-14-24)17-5-7-18(8-6-17)19-9-11-20(12-10-19)21-23-22-16(2)25-21/h5-12,15H,3-4,13-14H2,1-2H3/t15-/m0/s1. The largest absolute Gasteiger partial charge is 0.421 e. The van der Waals surface area contributed by atoms with Gasteiger partial charge in [-0.2, -0.15) is 0 Å². The first-order valence-corrected chi connectivity index (χ1v) is 8.95. The zero-order valence-corrected chi connectivity index (χ0v) is 14.8. The summed E-state index contributed by atoms with van der Waals surface area (Å²) in [6.45, 7) is 6.55. The summed E-state index contributed by atoms with van der Waals surface area (Å²) in [5.74, 6) is 1.15. The average molecular weight is 333 g/mol. The lowest BCUT2D eigenvalue weighted by atomic mass is 10.00. The van der Waals surface area contributed by atoms with Crippen LogP contribution >= 0.6 is 0 Å². The molecule has 1 atom stereocenters. The van der Waals surface area contributed by atoms with Gasteiger partial charge in [-0.15, -0.1) is 10.2 Å². The topological polar surface area (TPSA) is 42.2 Å². The summed E-state index contributed by atoms with van der Waals surface area (Å²) in [5.41, 5.74) is 4.76. The lowest BCUT2D eigenvalue weighted by molar-refractivity contribution is 0.263. The van der Waals surface area contributed by atoms with Gasteiger partial charge in [0.1, 0.15) is 0 Å². The molecule has 1 fully saturated rings. The molecule has 1 saturated heterocycles. The van der Waals surface area contributed by atoms with E-state index in [1.165, 1.54) is 42.6 Å². The normalized spacial score (nSPS) is 16.2. The van der Waals surface area contributed by atoms with Crippen molar-refractivity contribution in [3.63, 3.8) is 0 Å². The molecule has 1 aliphatic heterocycles. The zero-order chi connectivity index (χ0) is 17.2. The Morgan fingerprint density at radius 3 is 1.96 bits per heavy atom. The van der Waals surface area contributed by atoms with Crippen LogP contribution in [0.2, 0.25) is 0 Å². The van der Waals surface area contributed by atoms with E-state index in [2.05, 4.69) is 58.4 Å². The van der Waals surface area contributed by atoms with E-state index in [4.69, 9.17) is 4.42 Å². The quantitative estimate of drug-likeness (QED) is 0.683. The first kappa shape index (κ1) is 16.0. The van der Waals surface area contributed by atoms with Gasteiger partial charge in [-0.1, -0.05) is 36.4 Å². The highest BCUT2D eigenvalue weighted by molar-refractivity contribution is 5.67. The second kappa shape index (κ2) is 6.81. The molecule has 3 aromatic rings. The van der Waals surface area contributed by atoms with Crippen LogP contribution < -0.4 is 0 Å². The molecule has 0 radical (unpaired) electrons. The van der Waals surface area contributed by atoms with Gasteiger partial charge in [-0.05, 0) is 61.7 Å². The van der Waals surface area contributed by atoms with Crippen molar-refractivity contribution in [3.05, 3.63) is 60.0 Å². The van der Waals surface area contributed by atoms with Crippen molar-refractivity contribution in [2.24, 2.45) is 0 Å². The molecule has 4 heteroatoms. The van der Waals surface area contributed by atoms with Crippen molar-refractivity contribution in [3.8, 4) is 22.6 Å². The van der Waals surface area contributed by atoms with Crippen LogP contribution in [0.25, 0.3) is 22.6 Å². The number of nitrogens with zero attached hydrogens (tertiary/aromatic N) is 3. The molecule has 4 nitrogen and oxygen atoms in total. The fourth-order valence-corrected chi connectivity index (χ4v) is 3.51. The van der Waals surface area contributed by atoms with E-state index < -0.39 is 0 Å². The van der Waals surface area contributed by atoms with E-state index >= 15 is 0 Å². The molecule has 0 unspecified atom stereocenters. The first-order valence-electron chi connectivity index (χ1n) is 8.95. The van der Waals surface area contributed by atoms with Crippen LogP contribution in [0.1, 0.15) is 37.3 Å². The van der Waals surface area contributed by atoms with Crippen molar-refractivity contribution < 1.29 is 4.42 Å². The molecule has 2 heterocycles. The molecule has 25 heavy (non-hydrogen) atoms. The van der Waals surface area contributed by atoms with Gasteiger partial charge < -0.3 is 4.42 Å². The highest BCUT2D eigenvalue weighted by Gasteiger charge is 2.19. The Kier molecular flexibility index (Phi) is 4.36. The van der Waals surface area contributed by atoms with Crippen LogP contribution in [0.3, 0.4) is 0 Å². The Hall–Kier alpha value is -2.46. The molecule has 128 valence electrons. The molecule has 0 saturated carbocycles. The number of aromatic nitrogens is 2. The Morgan fingerprint density at radius 1 is 0.840 bits per heavy atom. The molecule has 0 aliphatic carbocycles. The second-order valence-electron chi connectivity index (χ2n) is 6.74. The van der Waals surface area contributed by atoms with Gasteiger partial charge >= 0.3 is 0 Å². The molecular formula is C21H23N3O. The molecule has 4 rings (SSSR count). The number of likely N-dealkylation sites (tertiary alicyclic amines) is 1. The average Bonchev–Trinajstić information content (AvgIpc) is 3.33. The molecule has 0 bridgehead atoms. The minimum Gasteiger partial charge on any atom is -0.421 e. The van der Waals surface area contributed by atoms with Gasteiger partial charge in [0, 0.05) is 18.5 Å². The van der Waals surface area contributed by atoms with Crippen molar-refractivity contribution in [1.29, 1.82) is 0 Å². The van der Waals surface area contributed by atoms with E-state index in [9.17, 15) is 0 Å². The number of rotatable bonds is 4. The summed E-state index contributed by atoms with van der Waals surface area (Å²) in [5, 5.41) is 7.95. The van der Waals surface area contributed by atoms with Gasteiger partial charge in [-0.3, -0.25) is 4.90 Å². The number of benzene rings is 2. The third kappa shape index (κ3) is 3.35. The van der Waals surface area contributed by atoms with E-state index in [-0.39, 0.29) is 0 Å². The number of hydrogen-bond acceptors (Lipinski definition) is 4. The highest BCUT2D eigenvalue weighted by atomic mass is 16.4. The lowest BCUT2D eigenvalue weighted by Crippen LogP contribution is -2.23. The maximum absolute atomic E-state index is 5.48. The summed E-state index contributed by atoms with van der Waals surface area (Å²) in [6.07, 6.45) is 2.66. The Labute approximate surface area is 148 Å². The summed E-state index contributed by atoms with van der Waals surface area (Å²) in [4.78, 5) is 2.57. The first-order chi connectivity index (χ1) is 12.2. The van der Waals surface area contributed by atoms with E-state index in [0.717, 1.165) is 5.56 Å². The van der Waals surface area contributed by atoms with Gasteiger partial charge in [-0.25, -0.2) is 0 Å².